The van der Waals surface area contributed by atoms with Crippen LogP contribution >= 0.6 is 0 Å². The van der Waals surface area contributed by atoms with Gasteiger partial charge in [-0.25, -0.2) is 0 Å². The number of carbonyl (C=O) groups is 2. The first-order chi connectivity index (χ1) is 8.40. The van der Waals surface area contributed by atoms with Gasteiger partial charge in [-0.15, -0.1) is 0 Å². The Bertz CT molecular complexity index is 431. The third-order valence-electron chi connectivity index (χ3n) is 2.48. The average molecular weight is 251 g/mol. The zero-order chi connectivity index (χ0) is 13.7. The molecule has 5 N–H and O–H groups in total. The van der Waals surface area contributed by atoms with Gasteiger partial charge in [0.1, 0.15) is 5.75 Å². The number of primary amides is 1. The van der Waals surface area contributed by atoms with Crippen LogP contribution in [0.1, 0.15) is 5.56 Å². The minimum absolute atomic E-state index is 0.151. The number of amides is 2. The van der Waals surface area contributed by atoms with E-state index >= 15 is 0 Å². The van der Waals surface area contributed by atoms with Gasteiger partial charge in [0.2, 0.25) is 11.8 Å². The summed E-state index contributed by atoms with van der Waals surface area (Å²) in [4.78, 5) is 23.7. The molecule has 0 fully saturated rings. The summed E-state index contributed by atoms with van der Waals surface area (Å²) >= 11 is 0. The Hall–Kier alpha value is -2.08. The Labute approximate surface area is 105 Å². The van der Waals surface area contributed by atoms with Crippen molar-refractivity contribution in [2.75, 3.05) is 13.6 Å². The summed E-state index contributed by atoms with van der Waals surface area (Å²) in [6.45, 7) is -0.151. The minimum atomic E-state index is -0.737. The molecule has 1 aromatic rings. The molecule has 2 amide bonds. The van der Waals surface area contributed by atoms with Crippen molar-refractivity contribution in [3.8, 4) is 5.75 Å². The number of aromatic hydroxyl groups is 1. The molecule has 0 spiro atoms. The molecule has 0 aliphatic heterocycles. The van der Waals surface area contributed by atoms with Crippen molar-refractivity contribution in [3.63, 3.8) is 0 Å². The number of phenols is 1. The van der Waals surface area contributed by atoms with Gasteiger partial charge in [0.05, 0.1) is 12.6 Å². The summed E-state index contributed by atoms with van der Waals surface area (Å²) in [6.07, 6.45) is 0.336. The normalized spacial score (nSPS) is 11.9. The summed E-state index contributed by atoms with van der Waals surface area (Å²) in [6, 6.07) is 5.70. The highest BCUT2D eigenvalue weighted by Gasteiger charge is 2.19. The second-order valence-corrected chi connectivity index (χ2v) is 4.14. The van der Waals surface area contributed by atoms with E-state index in [1.807, 2.05) is 0 Å². The maximum atomic E-state index is 11.8. The molecule has 0 aliphatic rings. The van der Waals surface area contributed by atoms with Crippen molar-refractivity contribution in [3.05, 3.63) is 29.8 Å². The molecule has 98 valence electrons. The number of hydrogen-bond donors (Lipinski definition) is 3. The van der Waals surface area contributed by atoms with E-state index in [1.54, 1.807) is 12.1 Å². The van der Waals surface area contributed by atoms with Gasteiger partial charge in [-0.1, -0.05) is 12.1 Å². The number of rotatable bonds is 5. The Balaban J connectivity index is 2.59. The Morgan fingerprint density at radius 3 is 2.39 bits per heavy atom. The molecule has 0 unspecified atom stereocenters. The van der Waals surface area contributed by atoms with E-state index < -0.39 is 11.9 Å². The largest absolute Gasteiger partial charge is 0.508 e. The number of nitrogens with zero attached hydrogens (tertiary/aromatic N) is 1. The molecule has 6 heteroatoms. The first-order valence-corrected chi connectivity index (χ1v) is 5.47. The third-order valence-corrected chi connectivity index (χ3v) is 2.48. The van der Waals surface area contributed by atoms with Crippen LogP contribution in [0, 0.1) is 0 Å². The van der Waals surface area contributed by atoms with Crippen LogP contribution in [-0.4, -0.2) is 41.5 Å². The van der Waals surface area contributed by atoms with E-state index in [0.717, 1.165) is 5.56 Å². The van der Waals surface area contributed by atoms with Crippen molar-refractivity contribution >= 4 is 11.8 Å². The Morgan fingerprint density at radius 1 is 1.33 bits per heavy atom. The van der Waals surface area contributed by atoms with E-state index in [9.17, 15) is 9.59 Å². The van der Waals surface area contributed by atoms with Crippen LogP contribution in [0.2, 0.25) is 0 Å². The van der Waals surface area contributed by atoms with Crippen molar-refractivity contribution in [1.29, 1.82) is 0 Å². The SMILES string of the molecule is CN(CC(N)=O)C(=O)[C@H](N)Cc1ccc(O)cc1. The van der Waals surface area contributed by atoms with Crippen molar-refractivity contribution in [2.45, 2.75) is 12.5 Å². The highest BCUT2D eigenvalue weighted by Crippen LogP contribution is 2.11. The van der Waals surface area contributed by atoms with Crippen LogP contribution in [0.3, 0.4) is 0 Å². The second kappa shape index (κ2) is 6.02. The molecular formula is C12H17N3O3. The molecule has 6 nitrogen and oxygen atoms in total. The van der Waals surface area contributed by atoms with Gasteiger partial charge < -0.3 is 21.5 Å². The summed E-state index contributed by atoms with van der Waals surface area (Å²) in [7, 11) is 1.48. The van der Waals surface area contributed by atoms with Crippen molar-refractivity contribution in [1.82, 2.24) is 4.90 Å². The van der Waals surface area contributed by atoms with E-state index in [1.165, 1.54) is 24.1 Å². The molecule has 0 aromatic heterocycles. The molecule has 0 bridgehead atoms. The zero-order valence-corrected chi connectivity index (χ0v) is 10.2. The third kappa shape index (κ3) is 4.06. The second-order valence-electron chi connectivity index (χ2n) is 4.14. The maximum absolute atomic E-state index is 11.8. The topological polar surface area (TPSA) is 110 Å². The number of nitrogens with two attached hydrogens (primary N) is 2. The number of benzene rings is 1. The Kier molecular flexibility index (Phi) is 4.67. The predicted octanol–water partition coefficient (Wildman–Crippen LogP) is -0.794. The van der Waals surface area contributed by atoms with Gasteiger partial charge >= 0.3 is 0 Å². The van der Waals surface area contributed by atoms with Crippen molar-refractivity contribution in [2.24, 2.45) is 11.5 Å². The predicted molar refractivity (Wildman–Crippen MR) is 66.6 cm³/mol. The first kappa shape index (κ1) is 14.0. The van der Waals surface area contributed by atoms with Crippen LogP contribution in [0.15, 0.2) is 24.3 Å². The lowest BCUT2D eigenvalue weighted by atomic mass is 10.1. The molecule has 0 heterocycles. The van der Waals surface area contributed by atoms with Crippen LogP contribution in [0.4, 0.5) is 0 Å². The quantitative estimate of drug-likeness (QED) is 0.636. The molecule has 0 aliphatic carbocycles. The summed E-state index contributed by atoms with van der Waals surface area (Å²) < 4.78 is 0. The highest BCUT2D eigenvalue weighted by molar-refractivity contribution is 5.86. The summed E-state index contributed by atoms with van der Waals surface area (Å²) in [5.74, 6) is -0.769. The first-order valence-electron chi connectivity index (χ1n) is 5.47. The van der Waals surface area contributed by atoms with Crippen LogP contribution < -0.4 is 11.5 Å². The van der Waals surface area contributed by atoms with E-state index in [2.05, 4.69) is 0 Å². The molecule has 0 saturated heterocycles. The number of phenolic OH excluding ortho intramolecular Hbond substituents is 1. The monoisotopic (exact) mass is 251 g/mol. The van der Waals surface area contributed by atoms with Gasteiger partial charge in [0.15, 0.2) is 0 Å². The fourth-order valence-electron chi connectivity index (χ4n) is 1.57. The smallest absolute Gasteiger partial charge is 0.240 e. The molecule has 1 atom stereocenters. The lowest BCUT2D eigenvalue weighted by Crippen LogP contribution is -2.45. The lowest BCUT2D eigenvalue weighted by molar-refractivity contribution is -0.134. The molecular weight excluding hydrogens is 234 g/mol. The highest BCUT2D eigenvalue weighted by atomic mass is 16.3. The van der Waals surface area contributed by atoms with Gasteiger partial charge in [-0.3, -0.25) is 9.59 Å². The summed E-state index contributed by atoms with van der Waals surface area (Å²) in [5.41, 5.74) is 11.6. The molecule has 0 saturated carbocycles. The lowest BCUT2D eigenvalue weighted by Gasteiger charge is -2.19. The van der Waals surface area contributed by atoms with Crippen LogP contribution in [0.5, 0.6) is 5.75 Å². The molecule has 18 heavy (non-hydrogen) atoms. The molecule has 0 radical (unpaired) electrons. The number of likely N-dealkylation sites (N-methyl/N-ethyl adjacent to an activating group) is 1. The maximum Gasteiger partial charge on any atom is 0.240 e. The molecule has 1 rings (SSSR count). The van der Waals surface area contributed by atoms with Crippen molar-refractivity contribution < 1.29 is 14.7 Å². The average Bonchev–Trinajstić information content (AvgIpc) is 2.30. The molecule has 1 aromatic carbocycles. The number of hydrogen-bond acceptors (Lipinski definition) is 4. The van der Waals surface area contributed by atoms with Gasteiger partial charge in [-0.2, -0.15) is 0 Å². The van der Waals surface area contributed by atoms with Gasteiger partial charge in [0, 0.05) is 7.05 Å². The van der Waals surface area contributed by atoms with E-state index in [-0.39, 0.29) is 18.2 Å². The van der Waals surface area contributed by atoms with Gasteiger partial charge in [0.25, 0.3) is 0 Å². The van der Waals surface area contributed by atoms with Crippen LogP contribution in [-0.2, 0) is 16.0 Å². The standard InChI is InChI=1S/C12H17N3O3/c1-15(7-11(14)17)12(18)10(13)6-8-2-4-9(16)5-3-8/h2-5,10,16H,6-7,13H2,1H3,(H2,14,17)/t10-/m1/s1. The number of carbonyl (C=O) groups excluding carboxylic acids is 2. The fraction of sp³-hybridized carbons (Fsp3) is 0.333. The zero-order valence-electron chi connectivity index (χ0n) is 10.2. The Morgan fingerprint density at radius 2 is 1.89 bits per heavy atom. The van der Waals surface area contributed by atoms with Gasteiger partial charge in [-0.05, 0) is 24.1 Å². The minimum Gasteiger partial charge on any atom is -0.508 e. The van der Waals surface area contributed by atoms with Crippen LogP contribution in [0.25, 0.3) is 0 Å². The fourth-order valence-corrected chi connectivity index (χ4v) is 1.57. The summed E-state index contributed by atoms with van der Waals surface area (Å²) in [5, 5.41) is 9.13. The van der Waals surface area contributed by atoms with E-state index in [4.69, 9.17) is 16.6 Å². The van der Waals surface area contributed by atoms with E-state index in [0.29, 0.717) is 6.42 Å².